The largest absolute Gasteiger partial charge is 0.385 e. The molecule has 0 bridgehead atoms. The van der Waals surface area contributed by atoms with Gasteiger partial charge in [0.2, 0.25) is 0 Å². The molecule has 1 N–H and O–H groups in total. The molecule has 1 aliphatic carbocycles. The molecular weight excluding hydrogens is 272 g/mol. The van der Waals surface area contributed by atoms with Crippen LogP contribution in [0.25, 0.3) is 0 Å². The van der Waals surface area contributed by atoms with Gasteiger partial charge in [-0.3, -0.25) is 10.1 Å². The standard InChI is InChI=1S/C11H13BrN2O2/c12-10-6-9(4-5-11(10)14(15)16)13-7-8-2-1-3-8/h4-6,8,13H,1-3,7H2. The molecule has 1 aromatic rings. The smallest absolute Gasteiger partial charge is 0.283 e. The van der Waals surface area contributed by atoms with Crippen LogP contribution in [-0.2, 0) is 0 Å². The minimum absolute atomic E-state index is 0.106. The Morgan fingerprint density at radius 1 is 1.50 bits per heavy atom. The molecule has 16 heavy (non-hydrogen) atoms. The molecule has 0 saturated heterocycles. The number of halogens is 1. The van der Waals surface area contributed by atoms with E-state index in [0.29, 0.717) is 4.47 Å². The van der Waals surface area contributed by atoms with Gasteiger partial charge >= 0.3 is 0 Å². The third kappa shape index (κ3) is 2.52. The maximum Gasteiger partial charge on any atom is 0.283 e. The highest BCUT2D eigenvalue weighted by Gasteiger charge is 2.17. The summed E-state index contributed by atoms with van der Waals surface area (Å²) < 4.78 is 0.524. The van der Waals surface area contributed by atoms with Crippen LogP contribution >= 0.6 is 15.9 Å². The van der Waals surface area contributed by atoms with Crippen molar-refractivity contribution in [3.63, 3.8) is 0 Å². The molecule has 1 aromatic carbocycles. The lowest BCUT2D eigenvalue weighted by Gasteiger charge is -2.25. The number of rotatable bonds is 4. The Hall–Kier alpha value is -1.10. The average molecular weight is 285 g/mol. The van der Waals surface area contributed by atoms with Crippen LogP contribution in [0.2, 0.25) is 0 Å². The topological polar surface area (TPSA) is 55.2 Å². The first kappa shape index (κ1) is 11.4. The molecule has 2 rings (SSSR count). The summed E-state index contributed by atoms with van der Waals surface area (Å²) in [6.07, 6.45) is 3.92. The van der Waals surface area contributed by atoms with Crippen molar-refractivity contribution in [3.8, 4) is 0 Å². The number of hydrogen-bond donors (Lipinski definition) is 1. The minimum atomic E-state index is -0.389. The Bertz CT molecular complexity index is 405. The zero-order chi connectivity index (χ0) is 11.5. The summed E-state index contributed by atoms with van der Waals surface area (Å²) >= 11 is 3.20. The van der Waals surface area contributed by atoms with Crippen molar-refractivity contribution in [1.29, 1.82) is 0 Å². The van der Waals surface area contributed by atoms with Crippen LogP contribution < -0.4 is 5.32 Å². The lowest BCUT2D eigenvalue weighted by molar-refractivity contribution is -0.385. The number of anilines is 1. The van der Waals surface area contributed by atoms with E-state index in [0.717, 1.165) is 18.2 Å². The molecule has 0 atom stereocenters. The highest BCUT2D eigenvalue weighted by atomic mass is 79.9. The van der Waals surface area contributed by atoms with Gasteiger partial charge in [0.15, 0.2) is 0 Å². The second kappa shape index (κ2) is 4.82. The summed E-state index contributed by atoms with van der Waals surface area (Å²) in [5.74, 6) is 0.772. The van der Waals surface area contributed by atoms with E-state index in [1.165, 1.54) is 25.3 Å². The lowest BCUT2D eigenvalue weighted by Crippen LogP contribution is -2.20. The van der Waals surface area contributed by atoms with Gasteiger partial charge < -0.3 is 5.32 Å². The van der Waals surface area contributed by atoms with E-state index in [4.69, 9.17) is 0 Å². The summed E-state index contributed by atoms with van der Waals surface area (Å²) in [6, 6.07) is 5.03. The van der Waals surface area contributed by atoms with Crippen LogP contribution in [0.15, 0.2) is 22.7 Å². The number of nitrogens with zero attached hydrogens (tertiary/aromatic N) is 1. The van der Waals surface area contributed by atoms with E-state index in [1.54, 1.807) is 12.1 Å². The van der Waals surface area contributed by atoms with Crippen molar-refractivity contribution < 1.29 is 4.92 Å². The molecule has 5 heteroatoms. The zero-order valence-electron chi connectivity index (χ0n) is 8.78. The van der Waals surface area contributed by atoms with Gasteiger partial charge in [0.25, 0.3) is 5.69 Å². The van der Waals surface area contributed by atoms with Gasteiger partial charge in [-0.2, -0.15) is 0 Å². The van der Waals surface area contributed by atoms with Crippen LogP contribution in [0.4, 0.5) is 11.4 Å². The predicted octanol–water partition coefficient (Wildman–Crippen LogP) is 3.57. The third-order valence-electron chi connectivity index (χ3n) is 2.96. The van der Waals surface area contributed by atoms with Crippen molar-refractivity contribution >= 4 is 27.3 Å². The Balaban J connectivity index is 1.99. The third-order valence-corrected chi connectivity index (χ3v) is 3.60. The maximum atomic E-state index is 10.6. The van der Waals surface area contributed by atoms with Gasteiger partial charge in [-0.1, -0.05) is 6.42 Å². The van der Waals surface area contributed by atoms with E-state index in [9.17, 15) is 10.1 Å². The zero-order valence-corrected chi connectivity index (χ0v) is 10.4. The van der Waals surface area contributed by atoms with Crippen LogP contribution in [-0.4, -0.2) is 11.5 Å². The van der Waals surface area contributed by atoms with Crippen LogP contribution in [0.3, 0.4) is 0 Å². The van der Waals surface area contributed by atoms with Crippen LogP contribution in [0.5, 0.6) is 0 Å². The van der Waals surface area contributed by atoms with E-state index >= 15 is 0 Å². The molecule has 0 radical (unpaired) electrons. The molecular formula is C11H13BrN2O2. The highest BCUT2D eigenvalue weighted by molar-refractivity contribution is 9.10. The van der Waals surface area contributed by atoms with Gasteiger partial charge in [0.1, 0.15) is 0 Å². The Kier molecular flexibility index (Phi) is 3.43. The predicted molar refractivity (Wildman–Crippen MR) is 66.6 cm³/mol. The quantitative estimate of drug-likeness (QED) is 0.679. The fraction of sp³-hybridized carbons (Fsp3) is 0.455. The Morgan fingerprint density at radius 2 is 2.25 bits per heavy atom. The molecule has 0 aliphatic heterocycles. The number of nitro benzene ring substituents is 1. The van der Waals surface area contributed by atoms with Gasteiger partial charge in [-0.25, -0.2) is 0 Å². The summed E-state index contributed by atoms with van der Waals surface area (Å²) in [4.78, 5) is 10.2. The second-order valence-corrected chi connectivity index (χ2v) is 4.96. The summed E-state index contributed by atoms with van der Waals surface area (Å²) in [6.45, 7) is 0.963. The first-order valence-electron chi connectivity index (χ1n) is 5.34. The van der Waals surface area contributed by atoms with Gasteiger partial charge in [0, 0.05) is 18.3 Å². The van der Waals surface area contributed by atoms with Gasteiger partial charge in [-0.15, -0.1) is 0 Å². The number of benzene rings is 1. The van der Waals surface area contributed by atoms with Crippen LogP contribution in [0, 0.1) is 16.0 Å². The summed E-state index contributed by atoms with van der Waals surface area (Å²) in [5, 5.41) is 13.9. The minimum Gasteiger partial charge on any atom is -0.385 e. The number of nitro groups is 1. The monoisotopic (exact) mass is 284 g/mol. The first-order valence-corrected chi connectivity index (χ1v) is 6.14. The number of nitrogens with one attached hydrogen (secondary N) is 1. The Morgan fingerprint density at radius 3 is 2.75 bits per heavy atom. The van der Waals surface area contributed by atoms with E-state index in [1.807, 2.05) is 0 Å². The molecule has 4 nitrogen and oxygen atoms in total. The van der Waals surface area contributed by atoms with Crippen molar-refractivity contribution in [1.82, 2.24) is 0 Å². The van der Waals surface area contributed by atoms with E-state index < -0.39 is 0 Å². The highest BCUT2D eigenvalue weighted by Crippen LogP contribution is 2.29. The fourth-order valence-electron chi connectivity index (χ4n) is 1.72. The molecule has 86 valence electrons. The van der Waals surface area contributed by atoms with Gasteiger partial charge in [-0.05, 0) is 46.8 Å². The summed E-state index contributed by atoms with van der Waals surface area (Å²) in [5.41, 5.74) is 1.04. The van der Waals surface area contributed by atoms with Crippen molar-refractivity contribution in [2.24, 2.45) is 5.92 Å². The molecule has 1 saturated carbocycles. The van der Waals surface area contributed by atoms with Crippen LogP contribution in [0.1, 0.15) is 19.3 Å². The van der Waals surface area contributed by atoms with E-state index in [2.05, 4.69) is 21.2 Å². The lowest BCUT2D eigenvalue weighted by atomic mass is 9.85. The summed E-state index contributed by atoms with van der Waals surface area (Å²) in [7, 11) is 0. The van der Waals surface area contributed by atoms with E-state index in [-0.39, 0.29) is 10.6 Å². The SMILES string of the molecule is O=[N+]([O-])c1ccc(NCC2CCC2)cc1Br. The Labute approximate surface area is 102 Å². The fourth-order valence-corrected chi connectivity index (χ4v) is 2.25. The first-order chi connectivity index (χ1) is 7.66. The molecule has 1 fully saturated rings. The number of hydrogen-bond acceptors (Lipinski definition) is 3. The molecule has 0 heterocycles. The average Bonchev–Trinajstić information content (AvgIpc) is 2.14. The molecule has 0 unspecified atom stereocenters. The molecule has 0 aromatic heterocycles. The molecule has 0 amide bonds. The van der Waals surface area contributed by atoms with Crippen molar-refractivity contribution in [3.05, 3.63) is 32.8 Å². The van der Waals surface area contributed by atoms with Gasteiger partial charge in [0.05, 0.1) is 9.40 Å². The van der Waals surface area contributed by atoms with Crippen molar-refractivity contribution in [2.45, 2.75) is 19.3 Å². The molecule has 0 spiro atoms. The maximum absolute atomic E-state index is 10.6. The van der Waals surface area contributed by atoms with Crippen molar-refractivity contribution in [2.75, 3.05) is 11.9 Å². The second-order valence-electron chi connectivity index (χ2n) is 4.10. The normalized spacial score (nSPS) is 15.6. The molecule has 1 aliphatic rings.